The third kappa shape index (κ3) is 19.7. The number of carbonyl (C=O) groups is 1. The molecule has 0 spiro atoms. The Kier molecular flexibility index (Phi) is 26.1. The summed E-state index contributed by atoms with van der Waals surface area (Å²) in [5.41, 5.74) is 1.52. The Morgan fingerprint density at radius 2 is 0.862 bits per heavy atom. The lowest BCUT2D eigenvalue weighted by Gasteiger charge is -2.43. The minimum atomic E-state index is -2.55. The van der Waals surface area contributed by atoms with Gasteiger partial charge in [0.2, 0.25) is 0 Å². The van der Waals surface area contributed by atoms with Crippen LogP contribution in [0.4, 0.5) is 5.69 Å². The van der Waals surface area contributed by atoms with Crippen molar-refractivity contribution in [3.05, 3.63) is 90.5 Å². The van der Waals surface area contributed by atoms with Gasteiger partial charge in [0.25, 0.3) is 8.32 Å². The Labute approximate surface area is 348 Å². The van der Waals surface area contributed by atoms with Crippen molar-refractivity contribution >= 4 is 30.3 Å². The van der Waals surface area contributed by atoms with E-state index in [1.165, 1.54) is 10.4 Å². The maximum absolute atomic E-state index is 12.2. The standard InChI is InChI=1S/C45H69NO11Si/c1-5-6-21-46-41-19-17-40(18-20-41)44(47)56-38-36-54-34-32-52-30-28-50-26-24-48-22-23-49-25-27-51-29-31-53-33-35-55-37-39-57-58(45(2,3)4,42-13-9-7-10-14-42)43-15-11-8-12-16-43/h7-20,46H,5-6,21-39H2,1-4H3. The minimum Gasteiger partial charge on any atom is -0.460 e. The van der Waals surface area contributed by atoms with E-state index in [1.807, 2.05) is 12.1 Å². The summed E-state index contributed by atoms with van der Waals surface area (Å²) in [6.07, 6.45) is 2.24. The van der Waals surface area contributed by atoms with Gasteiger partial charge >= 0.3 is 5.97 Å². The predicted octanol–water partition coefficient (Wildman–Crippen LogP) is 5.76. The first-order valence-electron chi connectivity index (χ1n) is 20.8. The lowest BCUT2D eigenvalue weighted by atomic mass is 10.2. The normalized spacial score (nSPS) is 11.9. The molecule has 3 rings (SSSR count). The molecule has 0 aliphatic carbocycles. The monoisotopic (exact) mass is 827 g/mol. The van der Waals surface area contributed by atoms with Crippen molar-refractivity contribution in [2.24, 2.45) is 0 Å². The van der Waals surface area contributed by atoms with Crippen molar-refractivity contribution < 1.29 is 51.9 Å². The Morgan fingerprint density at radius 3 is 1.22 bits per heavy atom. The first-order valence-corrected chi connectivity index (χ1v) is 22.7. The topological polar surface area (TPSA) is 121 Å². The van der Waals surface area contributed by atoms with Gasteiger partial charge in [-0.3, -0.25) is 0 Å². The summed E-state index contributed by atoms with van der Waals surface area (Å²) in [5.74, 6) is -0.361. The lowest BCUT2D eigenvalue weighted by molar-refractivity contribution is -0.0248. The molecule has 0 bridgehead atoms. The smallest absolute Gasteiger partial charge is 0.338 e. The summed E-state index contributed by atoms with van der Waals surface area (Å²) in [6.45, 7) is 18.1. The maximum Gasteiger partial charge on any atom is 0.338 e. The SMILES string of the molecule is CCCCNc1ccc(C(=O)OCCOCCOCCOCCOCCOCCOCCOCCOCCO[Si](c2ccccc2)(c2ccccc2)C(C)(C)C)cc1. The van der Waals surface area contributed by atoms with Gasteiger partial charge in [0, 0.05) is 12.2 Å². The second-order valence-corrected chi connectivity index (χ2v) is 18.7. The molecule has 0 aliphatic rings. The van der Waals surface area contributed by atoms with E-state index in [9.17, 15) is 4.79 Å². The van der Waals surface area contributed by atoms with Crippen LogP contribution in [0.3, 0.4) is 0 Å². The van der Waals surface area contributed by atoms with E-state index < -0.39 is 8.32 Å². The Hall–Kier alpha value is -3.21. The first kappa shape index (κ1) is 49.2. The first-order chi connectivity index (χ1) is 28.4. The summed E-state index contributed by atoms with van der Waals surface area (Å²) in [7, 11) is -2.55. The highest BCUT2D eigenvalue weighted by Gasteiger charge is 2.50. The van der Waals surface area contributed by atoms with Crippen molar-refractivity contribution in [1.82, 2.24) is 0 Å². The number of ether oxygens (including phenoxy) is 9. The zero-order valence-corrected chi connectivity index (χ0v) is 36.4. The molecule has 0 heterocycles. The second-order valence-electron chi connectivity index (χ2n) is 14.4. The number of rotatable bonds is 35. The Balaban J connectivity index is 1.03. The van der Waals surface area contributed by atoms with Crippen LogP contribution in [-0.4, -0.2) is 140 Å². The molecule has 0 saturated heterocycles. The number of carbonyl (C=O) groups excluding carboxylic acids is 1. The highest BCUT2D eigenvalue weighted by molar-refractivity contribution is 6.99. The fraction of sp³-hybridized carbons (Fsp3) is 0.578. The molecule has 58 heavy (non-hydrogen) atoms. The maximum atomic E-state index is 12.2. The van der Waals surface area contributed by atoms with Gasteiger partial charge in [-0.05, 0) is 46.1 Å². The van der Waals surface area contributed by atoms with Crippen LogP contribution in [0.5, 0.6) is 0 Å². The van der Waals surface area contributed by atoms with Crippen molar-refractivity contribution in [2.75, 3.05) is 131 Å². The molecule has 0 saturated carbocycles. The molecule has 0 fully saturated rings. The van der Waals surface area contributed by atoms with Gasteiger partial charge in [-0.2, -0.15) is 0 Å². The zero-order chi connectivity index (χ0) is 41.4. The van der Waals surface area contributed by atoms with E-state index in [0.29, 0.717) is 118 Å². The van der Waals surface area contributed by atoms with Gasteiger partial charge in [-0.25, -0.2) is 4.79 Å². The quantitative estimate of drug-likeness (QED) is 0.0441. The summed E-state index contributed by atoms with van der Waals surface area (Å²) in [4.78, 5) is 12.2. The molecule has 1 N–H and O–H groups in total. The number of nitrogens with one attached hydrogen (secondary N) is 1. The van der Waals surface area contributed by atoms with E-state index in [0.717, 1.165) is 25.1 Å². The van der Waals surface area contributed by atoms with Crippen LogP contribution < -0.4 is 15.7 Å². The summed E-state index contributed by atoms with van der Waals surface area (Å²) in [5, 5.41) is 5.79. The van der Waals surface area contributed by atoms with E-state index in [-0.39, 0.29) is 17.6 Å². The molecule has 0 unspecified atom stereocenters. The van der Waals surface area contributed by atoms with Gasteiger partial charge in [-0.1, -0.05) is 94.8 Å². The van der Waals surface area contributed by atoms with Crippen LogP contribution in [0, 0.1) is 0 Å². The molecule has 0 atom stereocenters. The van der Waals surface area contributed by atoms with Crippen molar-refractivity contribution in [1.29, 1.82) is 0 Å². The van der Waals surface area contributed by atoms with E-state index >= 15 is 0 Å². The molecule has 0 aliphatic heterocycles. The highest BCUT2D eigenvalue weighted by atomic mass is 28.4. The predicted molar refractivity (Wildman–Crippen MR) is 230 cm³/mol. The molecule has 0 radical (unpaired) electrons. The largest absolute Gasteiger partial charge is 0.460 e. The molecule has 13 heteroatoms. The van der Waals surface area contributed by atoms with Crippen LogP contribution in [-0.2, 0) is 47.1 Å². The van der Waals surface area contributed by atoms with Crippen LogP contribution in [0.15, 0.2) is 84.9 Å². The van der Waals surface area contributed by atoms with Crippen molar-refractivity contribution in [3.63, 3.8) is 0 Å². The summed E-state index contributed by atoms with van der Waals surface area (Å²) >= 11 is 0. The van der Waals surface area contributed by atoms with Crippen molar-refractivity contribution in [3.8, 4) is 0 Å². The van der Waals surface area contributed by atoms with Crippen molar-refractivity contribution in [2.45, 2.75) is 45.6 Å². The van der Waals surface area contributed by atoms with Gasteiger partial charge < -0.3 is 52.4 Å². The van der Waals surface area contributed by atoms with Crippen LogP contribution in [0.2, 0.25) is 5.04 Å². The number of hydrogen-bond donors (Lipinski definition) is 1. The summed E-state index contributed by atoms with van der Waals surface area (Å²) in [6, 6.07) is 28.6. The third-order valence-electron chi connectivity index (χ3n) is 9.01. The van der Waals surface area contributed by atoms with E-state index in [4.69, 9.17) is 47.1 Å². The number of benzene rings is 3. The molecule has 0 amide bonds. The number of anilines is 1. The fourth-order valence-corrected chi connectivity index (χ4v) is 10.6. The molecule has 3 aromatic carbocycles. The fourth-order valence-electron chi connectivity index (χ4n) is 6.07. The van der Waals surface area contributed by atoms with Crippen LogP contribution in [0.25, 0.3) is 0 Å². The number of unbranched alkanes of at least 4 members (excludes halogenated alkanes) is 1. The number of esters is 1. The molecule has 324 valence electrons. The van der Waals surface area contributed by atoms with Gasteiger partial charge in [0.15, 0.2) is 0 Å². The Morgan fingerprint density at radius 1 is 0.500 bits per heavy atom. The van der Waals surface area contributed by atoms with Crippen LogP contribution >= 0.6 is 0 Å². The van der Waals surface area contributed by atoms with Crippen LogP contribution in [0.1, 0.15) is 50.9 Å². The second kappa shape index (κ2) is 30.8. The van der Waals surface area contributed by atoms with Gasteiger partial charge in [0.1, 0.15) is 6.61 Å². The highest BCUT2D eigenvalue weighted by Crippen LogP contribution is 2.36. The van der Waals surface area contributed by atoms with E-state index in [2.05, 4.69) is 93.7 Å². The zero-order valence-electron chi connectivity index (χ0n) is 35.4. The Bertz CT molecular complexity index is 1390. The molecule has 12 nitrogen and oxygen atoms in total. The molecule has 0 aromatic heterocycles. The summed E-state index contributed by atoms with van der Waals surface area (Å²) < 4.78 is 56.8. The third-order valence-corrected chi connectivity index (χ3v) is 14.1. The number of hydrogen-bond acceptors (Lipinski definition) is 12. The molecular weight excluding hydrogens is 759 g/mol. The average Bonchev–Trinajstić information content (AvgIpc) is 3.23. The van der Waals surface area contributed by atoms with E-state index in [1.54, 1.807) is 12.1 Å². The minimum absolute atomic E-state index is 0.0617. The van der Waals surface area contributed by atoms with Gasteiger partial charge in [-0.15, -0.1) is 0 Å². The molecule has 3 aromatic rings. The average molecular weight is 828 g/mol. The lowest BCUT2D eigenvalue weighted by Crippen LogP contribution is -2.66. The molecular formula is C45H69NO11Si. The van der Waals surface area contributed by atoms with Gasteiger partial charge in [0.05, 0.1) is 118 Å².